The highest BCUT2D eigenvalue weighted by molar-refractivity contribution is 6.30. The number of nitrogens with one attached hydrogen (secondary N) is 1. The van der Waals surface area contributed by atoms with E-state index in [0.717, 1.165) is 11.1 Å². The first-order valence-corrected chi connectivity index (χ1v) is 7.17. The Morgan fingerprint density at radius 3 is 2.91 bits per heavy atom. The van der Waals surface area contributed by atoms with Gasteiger partial charge in [-0.25, -0.2) is 0 Å². The van der Waals surface area contributed by atoms with E-state index < -0.39 is 6.29 Å². The smallest absolute Gasteiger partial charge is 0.282 e. The molecule has 0 aliphatic carbocycles. The molecular weight excluding hydrogens is 306 g/mol. The highest BCUT2D eigenvalue weighted by Gasteiger charge is 2.31. The molecule has 0 radical (unpaired) electrons. The van der Waals surface area contributed by atoms with E-state index in [1.165, 1.54) is 4.52 Å². The maximum absolute atomic E-state index is 12.5. The number of ether oxygens (including phenoxy) is 2. The number of nitrogens with zero attached hydrogens (tertiary/aromatic N) is 2. The molecule has 0 spiro atoms. The molecule has 2 aromatic heterocycles. The Balaban J connectivity index is 1.84. The number of H-pyrrole nitrogens is 1. The lowest BCUT2D eigenvalue weighted by Crippen LogP contribution is -2.36. The van der Waals surface area contributed by atoms with Gasteiger partial charge in [0, 0.05) is 16.8 Å². The topological polar surface area (TPSA) is 68.6 Å². The van der Waals surface area contributed by atoms with Crippen LogP contribution in [0.5, 0.6) is 0 Å². The third-order valence-corrected chi connectivity index (χ3v) is 3.83. The van der Waals surface area contributed by atoms with E-state index in [0.29, 0.717) is 16.2 Å². The standard InChI is InChI=1S/C15H12ClN3O3/c1-8-21-15(22-8)12-6-17-13-11(7-18-19(13)14(12)20)9-3-2-4-10(16)5-9/h2-8,15,17H,1H3. The molecular formula is C15H12ClN3O3. The number of benzene rings is 1. The molecule has 4 rings (SSSR count). The first-order valence-electron chi connectivity index (χ1n) is 6.79. The minimum absolute atomic E-state index is 0.265. The van der Waals surface area contributed by atoms with Crippen molar-refractivity contribution < 1.29 is 9.47 Å². The maximum atomic E-state index is 12.5. The van der Waals surface area contributed by atoms with Gasteiger partial charge in [0.25, 0.3) is 5.56 Å². The first-order chi connectivity index (χ1) is 10.6. The van der Waals surface area contributed by atoms with Crippen LogP contribution < -0.4 is 5.56 Å². The second-order valence-electron chi connectivity index (χ2n) is 5.05. The number of hydrogen-bond acceptors (Lipinski definition) is 4. The van der Waals surface area contributed by atoms with Crippen LogP contribution >= 0.6 is 11.6 Å². The Hall–Kier alpha value is -2.15. The van der Waals surface area contributed by atoms with Crippen molar-refractivity contribution in [2.45, 2.75) is 19.5 Å². The lowest BCUT2D eigenvalue weighted by Gasteiger charge is -2.33. The summed E-state index contributed by atoms with van der Waals surface area (Å²) in [6.45, 7) is 1.77. The van der Waals surface area contributed by atoms with Gasteiger partial charge in [0.2, 0.25) is 0 Å². The first kappa shape index (κ1) is 13.5. The van der Waals surface area contributed by atoms with Crippen LogP contribution in [-0.2, 0) is 9.47 Å². The van der Waals surface area contributed by atoms with Crippen molar-refractivity contribution in [3.63, 3.8) is 0 Å². The molecule has 1 saturated heterocycles. The third kappa shape index (κ3) is 2.04. The van der Waals surface area contributed by atoms with Crippen LogP contribution in [-0.4, -0.2) is 20.9 Å². The summed E-state index contributed by atoms with van der Waals surface area (Å²) < 4.78 is 12.0. The van der Waals surface area contributed by atoms with Gasteiger partial charge in [0.1, 0.15) is 5.65 Å². The molecule has 1 fully saturated rings. The minimum Gasteiger partial charge on any atom is -0.345 e. The van der Waals surface area contributed by atoms with Gasteiger partial charge in [-0.2, -0.15) is 9.61 Å². The van der Waals surface area contributed by atoms with E-state index in [4.69, 9.17) is 21.1 Å². The summed E-state index contributed by atoms with van der Waals surface area (Å²) in [5, 5.41) is 4.79. The fourth-order valence-corrected chi connectivity index (χ4v) is 2.70. The highest BCUT2D eigenvalue weighted by atomic mass is 35.5. The Morgan fingerprint density at radius 2 is 2.18 bits per heavy atom. The number of rotatable bonds is 2. The Labute approximate surface area is 130 Å². The normalized spacial score (nSPS) is 21.0. The number of fused-ring (bicyclic) bond motifs is 1. The number of aromatic amines is 1. The van der Waals surface area contributed by atoms with E-state index >= 15 is 0 Å². The summed E-state index contributed by atoms with van der Waals surface area (Å²) in [4.78, 5) is 15.6. The Morgan fingerprint density at radius 1 is 1.36 bits per heavy atom. The molecule has 0 amide bonds. The van der Waals surface area contributed by atoms with Crippen LogP contribution in [0.2, 0.25) is 5.02 Å². The molecule has 1 N–H and O–H groups in total. The lowest BCUT2D eigenvalue weighted by atomic mass is 10.1. The number of halogens is 1. The van der Waals surface area contributed by atoms with E-state index in [1.54, 1.807) is 25.4 Å². The van der Waals surface area contributed by atoms with E-state index in [2.05, 4.69) is 10.1 Å². The predicted octanol–water partition coefficient (Wildman–Crippen LogP) is 2.73. The molecule has 0 unspecified atom stereocenters. The van der Waals surface area contributed by atoms with Gasteiger partial charge in [-0.1, -0.05) is 23.7 Å². The Kier molecular flexibility index (Phi) is 3.04. The summed E-state index contributed by atoms with van der Waals surface area (Å²) >= 11 is 6.02. The van der Waals surface area contributed by atoms with Gasteiger partial charge in [0.05, 0.1) is 11.8 Å². The monoisotopic (exact) mass is 317 g/mol. The quantitative estimate of drug-likeness (QED) is 0.789. The molecule has 1 aromatic carbocycles. The average Bonchev–Trinajstić information content (AvgIpc) is 2.90. The van der Waals surface area contributed by atoms with Crippen molar-refractivity contribution in [3.05, 3.63) is 57.6 Å². The van der Waals surface area contributed by atoms with Gasteiger partial charge >= 0.3 is 0 Å². The molecule has 1 aliphatic rings. The molecule has 112 valence electrons. The molecule has 1 aliphatic heterocycles. The Bertz CT molecular complexity index is 912. The van der Waals surface area contributed by atoms with Gasteiger partial charge in [-0.3, -0.25) is 4.79 Å². The fourth-order valence-electron chi connectivity index (χ4n) is 2.51. The molecule has 0 atom stereocenters. The van der Waals surface area contributed by atoms with Gasteiger partial charge in [-0.15, -0.1) is 0 Å². The zero-order valence-electron chi connectivity index (χ0n) is 11.6. The predicted molar refractivity (Wildman–Crippen MR) is 80.6 cm³/mol. The van der Waals surface area contributed by atoms with Crippen LogP contribution in [0.1, 0.15) is 18.8 Å². The second kappa shape index (κ2) is 4.95. The second-order valence-corrected chi connectivity index (χ2v) is 5.49. The third-order valence-electron chi connectivity index (χ3n) is 3.59. The van der Waals surface area contributed by atoms with E-state index in [1.807, 2.05) is 18.2 Å². The van der Waals surface area contributed by atoms with Crippen molar-refractivity contribution in [3.8, 4) is 11.1 Å². The van der Waals surface area contributed by atoms with Crippen LogP contribution in [0.15, 0.2) is 41.5 Å². The van der Waals surface area contributed by atoms with E-state index in [9.17, 15) is 4.79 Å². The van der Waals surface area contributed by atoms with Crippen molar-refractivity contribution in [2.75, 3.05) is 0 Å². The lowest BCUT2D eigenvalue weighted by molar-refractivity contribution is -0.383. The van der Waals surface area contributed by atoms with Crippen LogP contribution in [0.3, 0.4) is 0 Å². The van der Waals surface area contributed by atoms with Gasteiger partial charge < -0.3 is 14.5 Å². The zero-order valence-corrected chi connectivity index (χ0v) is 12.4. The van der Waals surface area contributed by atoms with Gasteiger partial charge in [-0.05, 0) is 24.6 Å². The number of hydrogen-bond donors (Lipinski definition) is 1. The fraction of sp³-hybridized carbons (Fsp3) is 0.200. The molecule has 3 heterocycles. The number of aromatic nitrogens is 3. The van der Waals surface area contributed by atoms with Crippen molar-refractivity contribution >= 4 is 17.2 Å². The molecule has 3 aromatic rings. The van der Waals surface area contributed by atoms with Crippen LogP contribution in [0.4, 0.5) is 0 Å². The summed E-state index contributed by atoms with van der Waals surface area (Å²) in [6, 6.07) is 7.38. The largest absolute Gasteiger partial charge is 0.345 e. The SMILES string of the molecule is CC1OC(c2c[nH]c3c(-c4cccc(Cl)c4)cnn3c2=O)O1. The zero-order chi connectivity index (χ0) is 15.3. The van der Waals surface area contributed by atoms with E-state index in [-0.39, 0.29) is 11.8 Å². The molecule has 22 heavy (non-hydrogen) atoms. The molecule has 0 bridgehead atoms. The minimum atomic E-state index is -0.637. The average molecular weight is 318 g/mol. The van der Waals surface area contributed by atoms with Crippen molar-refractivity contribution in [1.29, 1.82) is 0 Å². The van der Waals surface area contributed by atoms with Crippen molar-refractivity contribution in [1.82, 2.24) is 14.6 Å². The highest BCUT2D eigenvalue weighted by Crippen LogP contribution is 2.30. The molecule has 0 saturated carbocycles. The van der Waals surface area contributed by atoms with Gasteiger partial charge in [0.15, 0.2) is 12.6 Å². The summed E-state index contributed by atoms with van der Waals surface area (Å²) in [7, 11) is 0. The van der Waals surface area contributed by atoms with Crippen LogP contribution in [0.25, 0.3) is 16.8 Å². The van der Waals surface area contributed by atoms with Crippen molar-refractivity contribution in [2.24, 2.45) is 0 Å². The molecule has 6 nitrogen and oxygen atoms in total. The maximum Gasteiger partial charge on any atom is 0.282 e. The summed E-state index contributed by atoms with van der Waals surface area (Å²) in [5.74, 6) is 0. The van der Waals surface area contributed by atoms with Crippen LogP contribution in [0, 0.1) is 0 Å². The summed E-state index contributed by atoms with van der Waals surface area (Å²) in [5.41, 5.74) is 2.42. The molecule has 7 heteroatoms. The summed E-state index contributed by atoms with van der Waals surface area (Å²) in [6.07, 6.45) is 2.30.